The molecule has 0 radical (unpaired) electrons. The van der Waals surface area contributed by atoms with Gasteiger partial charge in [-0.25, -0.2) is 8.78 Å². The molecule has 1 rings (SSSR count). The van der Waals surface area contributed by atoms with Crippen LogP contribution >= 0.6 is 0 Å². The van der Waals surface area contributed by atoms with E-state index >= 15 is 0 Å². The standard InChI is InChI=1S/C12H16F2N2O/c1-8(7-15)12(17)16-6-5-9-3-2-4-10(13)11(9)14/h2-4,8H,5-7,15H2,1H3,(H,16,17). The minimum absolute atomic E-state index is 0.177. The maximum absolute atomic E-state index is 13.2. The second kappa shape index (κ2) is 6.30. The zero-order valence-electron chi connectivity index (χ0n) is 9.67. The van der Waals surface area contributed by atoms with Crippen molar-refractivity contribution in [2.24, 2.45) is 11.7 Å². The van der Waals surface area contributed by atoms with Gasteiger partial charge >= 0.3 is 0 Å². The highest BCUT2D eigenvalue weighted by Gasteiger charge is 2.11. The van der Waals surface area contributed by atoms with E-state index in [1.165, 1.54) is 12.1 Å². The Bertz CT molecular complexity index is 396. The molecule has 0 aliphatic rings. The van der Waals surface area contributed by atoms with Crippen LogP contribution in [0.2, 0.25) is 0 Å². The van der Waals surface area contributed by atoms with Gasteiger partial charge in [0.15, 0.2) is 11.6 Å². The summed E-state index contributed by atoms with van der Waals surface area (Å²) in [5.74, 6) is -2.17. The molecule has 3 N–H and O–H groups in total. The van der Waals surface area contributed by atoms with E-state index in [0.29, 0.717) is 0 Å². The van der Waals surface area contributed by atoms with Gasteiger partial charge in [0, 0.05) is 19.0 Å². The van der Waals surface area contributed by atoms with Crippen molar-refractivity contribution in [3.8, 4) is 0 Å². The average molecular weight is 242 g/mol. The fourth-order valence-electron chi connectivity index (χ4n) is 1.34. The largest absolute Gasteiger partial charge is 0.355 e. The van der Waals surface area contributed by atoms with Crippen molar-refractivity contribution in [1.29, 1.82) is 0 Å². The number of carbonyl (C=O) groups excluding carboxylic acids is 1. The van der Waals surface area contributed by atoms with E-state index < -0.39 is 11.6 Å². The summed E-state index contributed by atoms with van der Waals surface area (Å²) in [4.78, 5) is 11.4. The molecule has 1 aromatic carbocycles. The summed E-state index contributed by atoms with van der Waals surface area (Å²) in [7, 11) is 0. The lowest BCUT2D eigenvalue weighted by Gasteiger charge is -2.10. The number of nitrogens with one attached hydrogen (secondary N) is 1. The van der Waals surface area contributed by atoms with Crippen molar-refractivity contribution in [3.05, 3.63) is 35.4 Å². The molecule has 0 saturated heterocycles. The second-order valence-electron chi connectivity index (χ2n) is 3.89. The molecule has 1 aromatic rings. The van der Waals surface area contributed by atoms with E-state index in [-0.39, 0.29) is 36.9 Å². The van der Waals surface area contributed by atoms with Crippen LogP contribution in [0.15, 0.2) is 18.2 Å². The summed E-state index contributed by atoms with van der Waals surface area (Å²) >= 11 is 0. The Balaban J connectivity index is 2.46. The zero-order valence-corrected chi connectivity index (χ0v) is 9.67. The van der Waals surface area contributed by atoms with E-state index in [1.54, 1.807) is 6.92 Å². The van der Waals surface area contributed by atoms with E-state index in [0.717, 1.165) is 6.07 Å². The molecule has 1 amide bonds. The van der Waals surface area contributed by atoms with Gasteiger partial charge in [-0.15, -0.1) is 0 Å². The Kier molecular flexibility index (Phi) is 5.03. The second-order valence-corrected chi connectivity index (χ2v) is 3.89. The third kappa shape index (κ3) is 3.78. The number of halogens is 2. The Hall–Kier alpha value is -1.49. The number of carbonyl (C=O) groups is 1. The van der Waals surface area contributed by atoms with Crippen LogP contribution in [0.3, 0.4) is 0 Å². The summed E-state index contributed by atoms with van der Waals surface area (Å²) in [6.07, 6.45) is 0.257. The molecular formula is C12H16F2N2O. The van der Waals surface area contributed by atoms with Crippen LogP contribution in [0.25, 0.3) is 0 Å². The summed E-state index contributed by atoms with van der Waals surface area (Å²) in [5, 5.41) is 2.62. The monoisotopic (exact) mass is 242 g/mol. The van der Waals surface area contributed by atoms with Gasteiger partial charge in [-0.1, -0.05) is 19.1 Å². The molecule has 0 aliphatic carbocycles. The van der Waals surface area contributed by atoms with Gasteiger partial charge in [0.1, 0.15) is 0 Å². The van der Waals surface area contributed by atoms with Gasteiger partial charge in [-0.2, -0.15) is 0 Å². The van der Waals surface area contributed by atoms with Gasteiger partial charge in [0.05, 0.1) is 0 Å². The lowest BCUT2D eigenvalue weighted by atomic mass is 10.1. The topological polar surface area (TPSA) is 55.1 Å². The smallest absolute Gasteiger partial charge is 0.224 e. The highest BCUT2D eigenvalue weighted by Crippen LogP contribution is 2.11. The molecule has 0 bridgehead atoms. The lowest BCUT2D eigenvalue weighted by Crippen LogP contribution is -2.34. The van der Waals surface area contributed by atoms with Crippen molar-refractivity contribution in [1.82, 2.24) is 5.32 Å². The molecule has 0 spiro atoms. The molecule has 0 aromatic heterocycles. The number of rotatable bonds is 5. The molecular weight excluding hydrogens is 226 g/mol. The average Bonchev–Trinajstić information content (AvgIpc) is 2.33. The predicted octanol–water partition coefficient (Wildman–Crippen LogP) is 1.22. The Morgan fingerprint density at radius 2 is 2.18 bits per heavy atom. The molecule has 0 aliphatic heterocycles. The molecule has 3 nitrogen and oxygen atoms in total. The minimum atomic E-state index is -0.871. The third-order valence-corrected chi connectivity index (χ3v) is 2.53. The summed E-state index contributed by atoms with van der Waals surface area (Å²) in [6, 6.07) is 4.00. The SMILES string of the molecule is CC(CN)C(=O)NCCc1cccc(F)c1F. The molecule has 94 valence electrons. The Morgan fingerprint density at radius 1 is 1.47 bits per heavy atom. The maximum atomic E-state index is 13.2. The highest BCUT2D eigenvalue weighted by molar-refractivity contribution is 5.78. The first-order valence-corrected chi connectivity index (χ1v) is 5.47. The number of benzene rings is 1. The summed E-state index contributed by atoms with van der Waals surface area (Å²) < 4.78 is 26.1. The first-order valence-electron chi connectivity index (χ1n) is 5.47. The molecule has 1 atom stereocenters. The number of nitrogens with two attached hydrogens (primary N) is 1. The summed E-state index contributed by atoms with van der Waals surface area (Å²) in [6.45, 7) is 2.24. The maximum Gasteiger partial charge on any atom is 0.224 e. The van der Waals surface area contributed by atoms with Crippen molar-refractivity contribution in [2.75, 3.05) is 13.1 Å². The van der Waals surface area contributed by atoms with Crippen LogP contribution in [0.5, 0.6) is 0 Å². The fraction of sp³-hybridized carbons (Fsp3) is 0.417. The molecule has 17 heavy (non-hydrogen) atoms. The van der Waals surface area contributed by atoms with Gasteiger partial charge in [-0.05, 0) is 18.1 Å². The Morgan fingerprint density at radius 3 is 2.82 bits per heavy atom. The quantitative estimate of drug-likeness (QED) is 0.815. The van der Waals surface area contributed by atoms with Gasteiger partial charge in [-0.3, -0.25) is 4.79 Å². The Labute approximate surface area is 99.0 Å². The molecule has 0 fully saturated rings. The minimum Gasteiger partial charge on any atom is -0.355 e. The molecule has 1 unspecified atom stereocenters. The van der Waals surface area contributed by atoms with Crippen molar-refractivity contribution < 1.29 is 13.6 Å². The van der Waals surface area contributed by atoms with Gasteiger partial charge < -0.3 is 11.1 Å². The lowest BCUT2D eigenvalue weighted by molar-refractivity contribution is -0.124. The van der Waals surface area contributed by atoms with E-state index in [4.69, 9.17) is 5.73 Å². The van der Waals surface area contributed by atoms with Crippen LogP contribution in [0.1, 0.15) is 12.5 Å². The van der Waals surface area contributed by atoms with E-state index in [1.807, 2.05) is 0 Å². The van der Waals surface area contributed by atoms with Crippen molar-refractivity contribution >= 4 is 5.91 Å². The van der Waals surface area contributed by atoms with Crippen LogP contribution in [0, 0.1) is 17.6 Å². The van der Waals surface area contributed by atoms with Crippen LogP contribution in [0.4, 0.5) is 8.78 Å². The first-order chi connectivity index (χ1) is 8.06. The van der Waals surface area contributed by atoms with Crippen molar-refractivity contribution in [2.45, 2.75) is 13.3 Å². The fourth-order valence-corrected chi connectivity index (χ4v) is 1.34. The van der Waals surface area contributed by atoms with Gasteiger partial charge in [0.25, 0.3) is 0 Å². The zero-order chi connectivity index (χ0) is 12.8. The van der Waals surface area contributed by atoms with Crippen LogP contribution < -0.4 is 11.1 Å². The predicted molar refractivity (Wildman–Crippen MR) is 61.3 cm³/mol. The normalized spacial score (nSPS) is 12.2. The van der Waals surface area contributed by atoms with Crippen LogP contribution in [-0.4, -0.2) is 19.0 Å². The number of amides is 1. The molecule has 0 heterocycles. The van der Waals surface area contributed by atoms with Crippen LogP contribution in [-0.2, 0) is 11.2 Å². The summed E-state index contributed by atoms with van der Waals surface area (Å²) in [5.41, 5.74) is 5.58. The molecule has 0 saturated carbocycles. The number of hydrogen-bond acceptors (Lipinski definition) is 2. The van der Waals surface area contributed by atoms with E-state index in [2.05, 4.69) is 5.32 Å². The van der Waals surface area contributed by atoms with Gasteiger partial charge in [0.2, 0.25) is 5.91 Å². The van der Waals surface area contributed by atoms with Crippen molar-refractivity contribution in [3.63, 3.8) is 0 Å². The van der Waals surface area contributed by atoms with E-state index in [9.17, 15) is 13.6 Å². The number of hydrogen-bond donors (Lipinski definition) is 2. The first kappa shape index (κ1) is 13.6. The highest BCUT2D eigenvalue weighted by atomic mass is 19.2. The molecule has 5 heteroatoms. The third-order valence-electron chi connectivity index (χ3n) is 2.53.